The Morgan fingerprint density at radius 2 is 1.02 bits per heavy atom. The number of rotatable bonds is 3. The highest BCUT2D eigenvalue weighted by molar-refractivity contribution is 7.26. The molecule has 0 radical (unpaired) electrons. The van der Waals surface area contributed by atoms with Crippen molar-refractivity contribution in [3.63, 3.8) is 0 Å². The minimum atomic E-state index is 0.907. The van der Waals surface area contributed by atoms with Gasteiger partial charge in [-0.15, -0.1) is 11.3 Å². The summed E-state index contributed by atoms with van der Waals surface area (Å²) in [5.74, 6) is 0. The highest BCUT2D eigenvalue weighted by atomic mass is 32.1. The zero-order chi connectivity index (χ0) is 30.9. The average molecular weight is 616 g/mol. The Hall–Kier alpha value is -5.97. The molecule has 10 aromatic rings. The van der Waals surface area contributed by atoms with Crippen LogP contribution in [0.1, 0.15) is 0 Å². The molecule has 4 heteroatoms. The molecular weight excluding hydrogens is 591 g/mol. The molecule has 0 spiro atoms. The fraction of sp³-hybridized carbons (Fsp3) is 0. The summed E-state index contributed by atoms with van der Waals surface area (Å²) in [6, 6.07) is 53.5. The standard InChI is InChI=1S/C43H25N3S/c1-2-9-26(10-3-1)35-23-19-27-17-18-28-20-24-36(45-42(28)41(27)44-35)29-11-8-12-30(25-29)40-34-22-21-32-31-13-5-7-16-38(31)47-43(32)39(34)33-14-4-6-15-37(33)46-40/h1-25H. The van der Waals surface area contributed by atoms with E-state index in [1.165, 1.54) is 30.9 Å². The number of nitrogens with zero attached hydrogens (tertiary/aromatic N) is 3. The SMILES string of the molecule is c1ccc(-c2ccc3ccc4ccc(-c5cccc(-c6nc7ccccc7c7c6ccc6c8ccccc8sc67)c5)nc4c3n2)cc1. The van der Waals surface area contributed by atoms with Crippen LogP contribution < -0.4 is 0 Å². The molecule has 0 amide bonds. The molecule has 47 heavy (non-hydrogen) atoms. The monoisotopic (exact) mass is 615 g/mol. The topological polar surface area (TPSA) is 38.7 Å². The number of hydrogen-bond donors (Lipinski definition) is 0. The fourth-order valence-corrected chi connectivity index (χ4v) is 8.23. The predicted octanol–water partition coefficient (Wildman–Crippen LogP) is 11.9. The summed E-state index contributed by atoms with van der Waals surface area (Å²) in [4.78, 5) is 15.6. The first kappa shape index (κ1) is 26.3. The van der Waals surface area contributed by atoms with Gasteiger partial charge in [-0.25, -0.2) is 15.0 Å². The lowest BCUT2D eigenvalue weighted by molar-refractivity contribution is 1.36. The first-order valence-corrected chi connectivity index (χ1v) is 16.6. The van der Waals surface area contributed by atoms with E-state index in [4.69, 9.17) is 15.0 Å². The molecule has 3 nitrogen and oxygen atoms in total. The molecule has 0 aliphatic carbocycles. The van der Waals surface area contributed by atoms with Crippen molar-refractivity contribution in [3.05, 3.63) is 152 Å². The minimum Gasteiger partial charge on any atom is -0.247 e. The van der Waals surface area contributed by atoms with Gasteiger partial charge in [0, 0.05) is 63.8 Å². The molecule has 0 saturated carbocycles. The van der Waals surface area contributed by atoms with E-state index in [0.29, 0.717) is 0 Å². The molecule has 10 rings (SSSR count). The van der Waals surface area contributed by atoms with Crippen LogP contribution in [-0.2, 0) is 0 Å². The van der Waals surface area contributed by atoms with Crippen LogP contribution in [0.15, 0.2) is 152 Å². The van der Waals surface area contributed by atoms with E-state index in [2.05, 4.69) is 133 Å². The third-order valence-electron chi connectivity index (χ3n) is 9.23. The quantitative estimate of drug-likeness (QED) is 0.186. The van der Waals surface area contributed by atoms with Gasteiger partial charge in [-0.1, -0.05) is 121 Å². The molecule has 0 unspecified atom stereocenters. The molecule has 0 aliphatic heterocycles. The Morgan fingerprint density at radius 3 is 1.83 bits per heavy atom. The van der Waals surface area contributed by atoms with Crippen LogP contribution in [0.3, 0.4) is 0 Å². The van der Waals surface area contributed by atoms with E-state index in [9.17, 15) is 0 Å². The van der Waals surface area contributed by atoms with Gasteiger partial charge in [0.1, 0.15) is 0 Å². The first-order chi connectivity index (χ1) is 23.3. The summed E-state index contributed by atoms with van der Waals surface area (Å²) in [5, 5.41) is 8.37. The maximum absolute atomic E-state index is 5.27. The Balaban J connectivity index is 1.17. The average Bonchev–Trinajstić information content (AvgIpc) is 3.53. The van der Waals surface area contributed by atoms with Crippen LogP contribution in [0.25, 0.3) is 97.4 Å². The number of benzene rings is 6. The maximum Gasteiger partial charge on any atom is 0.0972 e. The lowest BCUT2D eigenvalue weighted by Gasteiger charge is -2.12. The van der Waals surface area contributed by atoms with E-state index in [1.54, 1.807) is 0 Å². The number of aromatic nitrogens is 3. The van der Waals surface area contributed by atoms with Crippen molar-refractivity contribution in [1.29, 1.82) is 0 Å². The molecular formula is C43H25N3S. The first-order valence-electron chi connectivity index (χ1n) is 15.8. The van der Waals surface area contributed by atoms with Crippen LogP contribution in [-0.4, -0.2) is 15.0 Å². The van der Waals surface area contributed by atoms with Crippen LogP contribution in [0.4, 0.5) is 0 Å². The number of thiophene rings is 1. The van der Waals surface area contributed by atoms with Crippen molar-refractivity contribution >= 4 is 75.0 Å². The second kappa shape index (κ2) is 10.3. The Labute approximate surface area is 274 Å². The lowest BCUT2D eigenvalue weighted by Crippen LogP contribution is -1.92. The molecule has 6 aromatic carbocycles. The summed E-state index contributed by atoms with van der Waals surface area (Å²) < 4.78 is 2.62. The molecule has 218 valence electrons. The summed E-state index contributed by atoms with van der Waals surface area (Å²) >= 11 is 1.87. The highest BCUT2D eigenvalue weighted by Crippen LogP contribution is 2.43. The number of fused-ring (bicyclic) bond motifs is 10. The largest absolute Gasteiger partial charge is 0.247 e. The van der Waals surface area contributed by atoms with Crippen LogP contribution in [0.5, 0.6) is 0 Å². The van der Waals surface area contributed by atoms with Gasteiger partial charge >= 0.3 is 0 Å². The van der Waals surface area contributed by atoms with Crippen molar-refractivity contribution in [3.8, 4) is 33.8 Å². The molecule has 0 saturated heterocycles. The van der Waals surface area contributed by atoms with Gasteiger partial charge in [-0.2, -0.15) is 0 Å². The maximum atomic E-state index is 5.27. The molecule has 4 aromatic heterocycles. The van der Waals surface area contributed by atoms with Gasteiger partial charge in [0.2, 0.25) is 0 Å². The van der Waals surface area contributed by atoms with E-state index >= 15 is 0 Å². The van der Waals surface area contributed by atoms with E-state index < -0.39 is 0 Å². The zero-order valence-corrected chi connectivity index (χ0v) is 26.0. The van der Waals surface area contributed by atoms with Gasteiger partial charge in [-0.05, 0) is 30.3 Å². The molecule has 0 N–H and O–H groups in total. The molecule has 0 aliphatic rings. The molecule has 4 heterocycles. The molecule has 0 fully saturated rings. The van der Waals surface area contributed by atoms with Gasteiger partial charge in [0.25, 0.3) is 0 Å². The normalized spacial score (nSPS) is 11.8. The summed E-state index contributed by atoms with van der Waals surface area (Å²) in [6.07, 6.45) is 0. The Morgan fingerprint density at radius 1 is 0.404 bits per heavy atom. The molecule has 0 atom stereocenters. The lowest BCUT2D eigenvalue weighted by atomic mass is 9.96. The summed E-state index contributed by atoms with van der Waals surface area (Å²) in [6.45, 7) is 0. The summed E-state index contributed by atoms with van der Waals surface area (Å²) in [7, 11) is 0. The Kier molecular flexibility index (Phi) is 5.74. The third kappa shape index (κ3) is 4.16. The van der Waals surface area contributed by atoms with Crippen molar-refractivity contribution in [2.75, 3.05) is 0 Å². The highest BCUT2D eigenvalue weighted by Gasteiger charge is 2.17. The number of para-hydroxylation sites is 1. The predicted molar refractivity (Wildman–Crippen MR) is 199 cm³/mol. The smallest absolute Gasteiger partial charge is 0.0972 e. The Bertz CT molecular complexity index is 2850. The minimum absolute atomic E-state index is 0.907. The van der Waals surface area contributed by atoms with E-state index in [0.717, 1.165) is 66.5 Å². The van der Waals surface area contributed by atoms with Gasteiger partial charge in [0.15, 0.2) is 0 Å². The second-order valence-corrected chi connectivity index (χ2v) is 13.0. The number of pyridine rings is 3. The van der Waals surface area contributed by atoms with Gasteiger partial charge < -0.3 is 0 Å². The fourth-order valence-electron chi connectivity index (χ4n) is 6.96. The van der Waals surface area contributed by atoms with E-state index in [-0.39, 0.29) is 0 Å². The third-order valence-corrected chi connectivity index (χ3v) is 10.4. The van der Waals surface area contributed by atoms with Crippen molar-refractivity contribution in [1.82, 2.24) is 15.0 Å². The van der Waals surface area contributed by atoms with Crippen LogP contribution in [0.2, 0.25) is 0 Å². The summed E-state index contributed by atoms with van der Waals surface area (Å²) in [5.41, 5.74) is 8.88. The van der Waals surface area contributed by atoms with Crippen molar-refractivity contribution in [2.45, 2.75) is 0 Å². The zero-order valence-electron chi connectivity index (χ0n) is 25.2. The van der Waals surface area contributed by atoms with Gasteiger partial charge in [0.05, 0.1) is 33.6 Å². The van der Waals surface area contributed by atoms with E-state index in [1.807, 2.05) is 29.5 Å². The molecule has 0 bridgehead atoms. The van der Waals surface area contributed by atoms with Gasteiger partial charge in [-0.3, -0.25) is 0 Å². The number of hydrogen-bond acceptors (Lipinski definition) is 4. The second-order valence-electron chi connectivity index (χ2n) is 12.0. The van der Waals surface area contributed by atoms with Crippen LogP contribution >= 0.6 is 11.3 Å². The van der Waals surface area contributed by atoms with Crippen LogP contribution in [0, 0.1) is 0 Å². The van der Waals surface area contributed by atoms with Crippen molar-refractivity contribution < 1.29 is 0 Å². The van der Waals surface area contributed by atoms with Crippen molar-refractivity contribution in [2.24, 2.45) is 0 Å².